The maximum Gasteiger partial charge on any atom is 0.218 e. The van der Waals surface area contributed by atoms with Crippen molar-refractivity contribution in [3.05, 3.63) is 0 Å². The largest absolute Gasteiger partial charge is 0.318 e. The van der Waals surface area contributed by atoms with Crippen molar-refractivity contribution in [1.29, 1.82) is 0 Å². The summed E-state index contributed by atoms with van der Waals surface area (Å²) in [6, 6.07) is 0.276. The van der Waals surface area contributed by atoms with E-state index in [1.165, 1.54) is 0 Å². The third kappa shape index (κ3) is 4.23. The number of sulfonamides is 1. The molecule has 0 amide bonds. The molecular weight excluding hydrogens is 236 g/mol. The van der Waals surface area contributed by atoms with Crippen LogP contribution in [-0.2, 0) is 10.0 Å². The van der Waals surface area contributed by atoms with Gasteiger partial charge in [0.15, 0.2) is 0 Å². The lowest BCUT2D eigenvalue weighted by atomic mass is 10.1. The molecule has 4 nitrogen and oxygen atoms in total. The Kier molecular flexibility index (Phi) is 5.41. The second-order valence-corrected chi connectivity index (χ2v) is 7.74. The number of hydrogen-bond acceptors (Lipinski definition) is 3. The molecule has 1 atom stereocenters. The molecule has 102 valence electrons. The van der Waals surface area contributed by atoms with Crippen LogP contribution in [0.15, 0.2) is 0 Å². The molecule has 5 heteroatoms. The van der Waals surface area contributed by atoms with E-state index in [1.807, 2.05) is 0 Å². The van der Waals surface area contributed by atoms with Crippen LogP contribution >= 0.6 is 0 Å². The van der Waals surface area contributed by atoms with E-state index in [0.29, 0.717) is 19.0 Å². The van der Waals surface area contributed by atoms with Gasteiger partial charge in [-0.05, 0) is 39.2 Å². The van der Waals surface area contributed by atoms with Crippen molar-refractivity contribution in [2.24, 2.45) is 5.92 Å². The Labute approximate surface area is 106 Å². The quantitative estimate of drug-likeness (QED) is 0.720. The summed E-state index contributed by atoms with van der Waals surface area (Å²) in [5.74, 6) is 0.547. The second-order valence-electron chi connectivity index (χ2n) is 5.44. The monoisotopic (exact) mass is 262 g/mol. The van der Waals surface area contributed by atoms with Gasteiger partial charge in [-0.15, -0.1) is 0 Å². The molecule has 17 heavy (non-hydrogen) atoms. The molecule has 1 aliphatic carbocycles. The van der Waals surface area contributed by atoms with E-state index in [0.717, 1.165) is 19.3 Å². The number of hydrogen-bond donors (Lipinski definition) is 1. The fourth-order valence-electron chi connectivity index (χ4n) is 1.89. The van der Waals surface area contributed by atoms with Crippen LogP contribution in [0.4, 0.5) is 0 Å². The molecule has 0 aromatic carbocycles. The van der Waals surface area contributed by atoms with Crippen LogP contribution in [0, 0.1) is 5.92 Å². The van der Waals surface area contributed by atoms with Gasteiger partial charge in [0.2, 0.25) is 10.0 Å². The normalized spacial score (nSPS) is 18.9. The average Bonchev–Trinajstić information content (AvgIpc) is 3.01. The van der Waals surface area contributed by atoms with Crippen LogP contribution in [0.5, 0.6) is 0 Å². The fraction of sp³-hybridized carbons (Fsp3) is 1.00. The van der Waals surface area contributed by atoms with Gasteiger partial charge >= 0.3 is 0 Å². The average molecular weight is 262 g/mol. The third-order valence-corrected chi connectivity index (χ3v) is 5.53. The van der Waals surface area contributed by atoms with Gasteiger partial charge in [0.25, 0.3) is 0 Å². The zero-order chi connectivity index (χ0) is 13.1. The Morgan fingerprint density at radius 3 is 2.29 bits per heavy atom. The predicted octanol–water partition coefficient (Wildman–Crippen LogP) is 1.43. The summed E-state index contributed by atoms with van der Waals surface area (Å²) in [7, 11) is -1.33. The van der Waals surface area contributed by atoms with Gasteiger partial charge < -0.3 is 5.32 Å². The highest BCUT2D eigenvalue weighted by Gasteiger charge is 2.39. The Morgan fingerprint density at radius 1 is 1.29 bits per heavy atom. The molecule has 0 saturated heterocycles. The van der Waals surface area contributed by atoms with Crippen molar-refractivity contribution in [3.63, 3.8) is 0 Å². The van der Waals surface area contributed by atoms with Gasteiger partial charge in [0.1, 0.15) is 0 Å². The standard InChI is InChI=1S/C12H26N2O2S/c1-10(2)7-8-14(12-5-6-12)17(15,16)11(3)9-13-4/h10-13H,5-9H2,1-4H3. The van der Waals surface area contributed by atoms with Crippen molar-refractivity contribution < 1.29 is 8.42 Å². The maximum atomic E-state index is 12.4. The topological polar surface area (TPSA) is 49.4 Å². The molecule has 1 unspecified atom stereocenters. The molecule has 0 aromatic heterocycles. The zero-order valence-electron chi connectivity index (χ0n) is 11.4. The van der Waals surface area contributed by atoms with Crippen molar-refractivity contribution >= 4 is 10.0 Å². The molecular formula is C12H26N2O2S. The second kappa shape index (κ2) is 6.16. The molecule has 1 fully saturated rings. The van der Waals surface area contributed by atoms with Gasteiger partial charge in [-0.2, -0.15) is 4.31 Å². The minimum atomic E-state index is -3.12. The van der Waals surface area contributed by atoms with Crippen LogP contribution in [0.3, 0.4) is 0 Å². The van der Waals surface area contributed by atoms with Gasteiger partial charge in [0, 0.05) is 19.1 Å². The highest BCUT2D eigenvalue weighted by Crippen LogP contribution is 2.31. The van der Waals surface area contributed by atoms with Crippen molar-refractivity contribution in [1.82, 2.24) is 9.62 Å². The number of nitrogens with one attached hydrogen (secondary N) is 1. The maximum absolute atomic E-state index is 12.4. The highest BCUT2D eigenvalue weighted by atomic mass is 32.2. The minimum absolute atomic E-state index is 0.276. The summed E-state index contributed by atoms with van der Waals surface area (Å²) in [5.41, 5.74) is 0. The highest BCUT2D eigenvalue weighted by molar-refractivity contribution is 7.89. The number of nitrogens with zero attached hydrogens (tertiary/aromatic N) is 1. The molecule has 1 aliphatic rings. The van der Waals surface area contributed by atoms with Crippen LogP contribution < -0.4 is 5.32 Å². The SMILES string of the molecule is CNCC(C)S(=O)(=O)N(CCC(C)C)C1CC1. The first kappa shape index (κ1) is 14.9. The van der Waals surface area contributed by atoms with E-state index >= 15 is 0 Å². The van der Waals surface area contributed by atoms with E-state index in [2.05, 4.69) is 19.2 Å². The summed E-state index contributed by atoms with van der Waals surface area (Å²) in [4.78, 5) is 0. The van der Waals surface area contributed by atoms with Crippen molar-refractivity contribution in [2.75, 3.05) is 20.1 Å². The third-order valence-electron chi connectivity index (χ3n) is 3.21. The minimum Gasteiger partial charge on any atom is -0.318 e. The molecule has 0 aromatic rings. The predicted molar refractivity (Wildman–Crippen MR) is 71.5 cm³/mol. The number of rotatable bonds is 8. The summed E-state index contributed by atoms with van der Waals surface area (Å²) in [5, 5.41) is 2.61. The fourth-order valence-corrected chi connectivity index (χ4v) is 3.72. The first-order valence-corrected chi connectivity index (χ1v) is 8.05. The Morgan fingerprint density at radius 2 is 1.88 bits per heavy atom. The van der Waals surface area contributed by atoms with Crippen LogP contribution in [-0.4, -0.2) is 44.2 Å². The van der Waals surface area contributed by atoms with Gasteiger partial charge in [-0.1, -0.05) is 13.8 Å². The summed E-state index contributed by atoms with van der Waals surface area (Å²) < 4.78 is 26.5. The van der Waals surface area contributed by atoms with Crippen molar-refractivity contribution in [3.8, 4) is 0 Å². The molecule has 0 heterocycles. The summed E-state index contributed by atoms with van der Waals surface area (Å²) >= 11 is 0. The molecule has 0 bridgehead atoms. The lowest BCUT2D eigenvalue weighted by molar-refractivity contribution is 0.368. The first-order valence-electron chi connectivity index (χ1n) is 6.54. The molecule has 0 spiro atoms. The van der Waals surface area contributed by atoms with Crippen molar-refractivity contribution in [2.45, 2.75) is 51.3 Å². The van der Waals surface area contributed by atoms with Gasteiger partial charge in [-0.3, -0.25) is 0 Å². The van der Waals surface area contributed by atoms with E-state index in [9.17, 15) is 8.42 Å². The molecule has 1 N–H and O–H groups in total. The van der Waals surface area contributed by atoms with Gasteiger partial charge in [0.05, 0.1) is 5.25 Å². The molecule has 1 rings (SSSR count). The van der Waals surface area contributed by atoms with E-state index in [4.69, 9.17) is 0 Å². The summed E-state index contributed by atoms with van der Waals surface area (Å²) in [6.45, 7) is 7.26. The van der Waals surface area contributed by atoms with E-state index < -0.39 is 10.0 Å². The smallest absolute Gasteiger partial charge is 0.218 e. The Hall–Kier alpha value is -0.130. The Balaban J connectivity index is 2.68. The van der Waals surface area contributed by atoms with Crippen LogP contribution in [0.2, 0.25) is 0 Å². The molecule has 1 saturated carbocycles. The van der Waals surface area contributed by atoms with Crippen LogP contribution in [0.1, 0.15) is 40.0 Å². The first-order chi connectivity index (χ1) is 7.89. The summed E-state index contributed by atoms with van der Waals surface area (Å²) in [6.07, 6.45) is 3.01. The van der Waals surface area contributed by atoms with E-state index in [-0.39, 0.29) is 11.3 Å². The Bertz CT molecular complexity index is 323. The van der Waals surface area contributed by atoms with E-state index in [1.54, 1.807) is 18.3 Å². The van der Waals surface area contributed by atoms with Crippen LogP contribution in [0.25, 0.3) is 0 Å². The molecule has 0 aliphatic heterocycles. The zero-order valence-corrected chi connectivity index (χ0v) is 12.3. The lowest BCUT2D eigenvalue weighted by Crippen LogP contribution is -2.43. The molecule has 0 radical (unpaired) electrons. The lowest BCUT2D eigenvalue weighted by Gasteiger charge is -2.26. The van der Waals surface area contributed by atoms with Gasteiger partial charge in [-0.25, -0.2) is 8.42 Å².